The highest BCUT2D eigenvalue weighted by Gasteiger charge is 2.36. The minimum Gasteiger partial charge on any atom is -0.387 e. The number of H-pyrrole nitrogens is 1. The largest absolute Gasteiger partial charge is 0.387 e. The lowest BCUT2D eigenvalue weighted by Gasteiger charge is -2.24. The summed E-state index contributed by atoms with van der Waals surface area (Å²) in [6, 6.07) is 14.8. The molecule has 3 aromatic rings. The molecule has 0 bridgehead atoms. The molecule has 3 heterocycles. The number of pyridine rings is 1. The Bertz CT molecular complexity index is 1360. The van der Waals surface area contributed by atoms with Gasteiger partial charge < -0.3 is 19.9 Å². The number of nitrogens with zero attached hydrogens (tertiary/aromatic N) is 1. The highest BCUT2D eigenvalue weighted by molar-refractivity contribution is 7.92. The first kappa shape index (κ1) is 25.9. The van der Waals surface area contributed by atoms with Crippen LogP contribution in [0.25, 0.3) is 17.0 Å². The first-order valence-corrected chi connectivity index (χ1v) is 14.4. The maximum Gasteiger partial charge on any atom is 0.181 e. The molecule has 5 rings (SSSR count). The van der Waals surface area contributed by atoms with Gasteiger partial charge in [0.1, 0.15) is 6.10 Å². The van der Waals surface area contributed by atoms with E-state index in [9.17, 15) is 18.6 Å². The van der Waals surface area contributed by atoms with Crippen molar-refractivity contribution < 1.29 is 23.4 Å². The van der Waals surface area contributed by atoms with Crippen LogP contribution in [-0.2, 0) is 14.6 Å². The minimum atomic E-state index is -3.24. The number of aromatic nitrogens is 2. The van der Waals surface area contributed by atoms with Gasteiger partial charge in [-0.1, -0.05) is 24.3 Å². The molecule has 8 heteroatoms. The summed E-state index contributed by atoms with van der Waals surface area (Å²) in [5, 5.41) is 20.2. The Hall–Kier alpha value is -2.78. The maximum atomic E-state index is 12.7. The van der Waals surface area contributed by atoms with E-state index in [4.69, 9.17) is 4.74 Å². The Balaban J connectivity index is 1.45. The third-order valence-corrected chi connectivity index (χ3v) is 9.43. The van der Waals surface area contributed by atoms with Crippen molar-refractivity contribution in [1.82, 2.24) is 9.97 Å². The number of aliphatic hydroxyl groups is 2. The average Bonchev–Trinajstić information content (AvgIpc) is 3.66. The molecule has 2 fully saturated rings. The van der Waals surface area contributed by atoms with Crippen molar-refractivity contribution in [2.75, 3.05) is 13.2 Å². The van der Waals surface area contributed by atoms with Crippen molar-refractivity contribution in [1.29, 1.82) is 0 Å². The van der Waals surface area contributed by atoms with E-state index in [0.717, 1.165) is 61.4 Å². The average molecular weight is 523 g/mol. The topological polar surface area (TPSA) is 113 Å². The third kappa shape index (κ3) is 5.72. The highest BCUT2D eigenvalue weighted by Crippen LogP contribution is 2.35. The summed E-state index contributed by atoms with van der Waals surface area (Å²) in [6.45, 7) is 4.58. The highest BCUT2D eigenvalue weighted by atomic mass is 32.2. The Morgan fingerprint density at radius 3 is 2.35 bits per heavy atom. The van der Waals surface area contributed by atoms with Gasteiger partial charge in [-0.05, 0) is 81.3 Å². The second-order valence-electron chi connectivity index (χ2n) is 10.6. The van der Waals surface area contributed by atoms with Crippen LogP contribution in [0.1, 0.15) is 62.5 Å². The van der Waals surface area contributed by atoms with Gasteiger partial charge in [-0.3, -0.25) is 4.98 Å². The fraction of sp³-hybridized carbons (Fsp3) is 0.414. The number of allylic oxidation sites excluding steroid dienone is 1. The van der Waals surface area contributed by atoms with Gasteiger partial charge in [0.15, 0.2) is 9.84 Å². The molecule has 1 saturated heterocycles. The number of rotatable bonds is 8. The monoisotopic (exact) mass is 522 g/mol. The van der Waals surface area contributed by atoms with Gasteiger partial charge in [0.05, 0.1) is 27.1 Å². The molecule has 3 N–H and O–H groups in total. The summed E-state index contributed by atoms with van der Waals surface area (Å²) in [5.41, 5.74) is 3.71. The Kier molecular flexibility index (Phi) is 7.11. The van der Waals surface area contributed by atoms with Gasteiger partial charge in [-0.2, -0.15) is 0 Å². The van der Waals surface area contributed by atoms with Crippen LogP contribution in [-0.4, -0.2) is 52.7 Å². The molecule has 0 amide bonds. The van der Waals surface area contributed by atoms with E-state index in [1.165, 1.54) is 0 Å². The predicted molar refractivity (Wildman–Crippen MR) is 143 cm³/mol. The van der Waals surface area contributed by atoms with Crippen LogP contribution in [0.3, 0.4) is 0 Å². The van der Waals surface area contributed by atoms with E-state index in [2.05, 4.69) is 16.0 Å². The number of aromatic amines is 1. The van der Waals surface area contributed by atoms with Crippen molar-refractivity contribution in [2.24, 2.45) is 5.92 Å². The SMILES string of the molecule is CC(C)(O)C(O)c1ccc(-c2ccc(/C(=C/C3CCOCC3)c3ccc(S(=O)(=O)C4CC4)cc3)[nH]2)nc1. The zero-order chi connectivity index (χ0) is 26.2. The van der Waals surface area contributed by atoms with Gasteiger partial charge >= 0.3 is 0 Å². The molecular formula is C29H34N2O5S. The molecule has 2 aliphatic rings. The maximum absolute atomic E-state index is 12.7. The van der Waals surface area contributed by atoms with E-state index < -0.39 is 21.5 Å². The van der Waals surface area contributed by atoms with Crippen molar-refractivity contribution in [2.45, 2.75) is 61.4 Å². The van der Waals surface area contributed by atoms with E-state index in [1.54, 1.807) is 38.2 Å². The Morgan fingerprint density at radius 1 is 1.05 bits per heavy atom. The molecule has 2 aromatic heterocycles. The number of aliphatic hydroxyl groups excluding tert-OH is 1. The van der Waals surface area contributed by atoms with Crippen LogP contribution in [0, 0.1) is 5.92 Å². The van der Waals surface area contributed by atoms with Gasteiger partial charge in [-0.25, -0.2) is 8.42 Å². The summed E-state index contributed by atoms with van der Waals surface area (Å²) in [7, 11) is -3.24. The summed E-state index contributed by atoms with van der Waals surface area (Å²) in [6.07, 6.45) is 6.19. The van der Waals surface area contributed by atoms with Crippen molar-refractivity contribution in [3.05, 3.63) is 77.6 Å². The number of benzene rings is 1. The smallest absolute Gasteiger partial charge is 0.181 e. The molecule has 37 heavy (non-hydrogen) atoms. The number of ether oxygens (including phenoxy) is 1. The van der Waals surface area contributed by atoms with E-state index in [1.807, 2.05) is 30.3 Å². The summed E-state index contributed by atoms with van der Waals surface area (Å²) in [4.78, 5) is 8.36. The van der Waals surface area contributed by atoms with E-state index >= 15 is 0 Å². The number of nitrogens with one attached hydrogen (secondary N) is 1. The molecule has 7 nitrogen and oxygen atoms in total. The summed E-state index contributed by atoms with van der Waals surface area (Å²) >= 11 is 0. The van der Waals surface area contributed by atoms with Crippen LogP contribution < -0.4 is 0 Å². The van der Waals surface area contributed by atoms with E-state index in [-0.39, 0.29) is 5.25 Å². The van der Waals surface area contributed by atoms with Crippen LogP contribution in [0.5, 0.6) is 0 Å². The van der Waals surface area contributed by atoms with Crippen LogP contribution >= 0.6 is 0 Å². The van der Waals surface area contributed by atoms with Crippen LogP contribution in [0.4, 0.5) is 0 Å². The molecular weight excluding hydrogens is 488 g/mol. The first-order chi connectivity index (χ1) is 17.6. The number of sulfone groups is 1. The molecule has 1 aliphatic carbocycles. The molecule has 0 spiro atoms. The molecule has 1 unspecified atom stereocenters. The van der Waals surface area contributed by atoms with Gasteiger partial charge in [0.2, 0.25) is 0 Å². The second-order valence-corrected chi connectivity index (χ2v) is 12.8. The van der Waals surface area contributed by atoms with Gasteiger partial charge in [0.25, 0.3) is 0 Å². The molecule has 196 valence electrons. The lowest BCUT2D eigenvalue weighted by molar-refractivity contribution is -0.0498. The minimum absolute atomic E-state index is 0.231. The predicted octanol–water partition coefficient (Wildman–Crippen LogP) is 4.68. The van der Waals surface area contributed by atoms with Crippen LogP contribution in [0.2, 0.25) is 0 Å². The molecule has 1 aromatic carbocycles. The second kappa shape index (κ2) is 10.2. The summed E-state index contributed by atoms with van der Waals surface area (Å²) < 4.78 is 30.9. The fourth-order valence-corrected chi connectivity index (χ4v) is 6.35. The molecule has 0 radical (unpaired) electrons. The van der Waals surface area contributed by atoms with E-state index in [0.29, 0.717) is 22.1 Å². The lowest BCUT2D eigenvalue weighted by Crippen LogP contribution is -2.28. The number of hydrogen-bond acceptors (Lipinski definition) is 6. The number of hydrogen-bond donors (Lipinski definition) is 3. The van der Waals surface area contributed by atoms with Crippen molar-refractivity contribution in [3.8, 4) is 11.4 Å². The molecule has 1 atom stereocenters. The Labute approximate surface area is 218 Å². The first-order valence-electron chi connectivity index (χ1n) is 12.8. The zero-order valence-electron chi connectivity index (χ0n) is 21.2. The standard InChI is InChI=1S/C29H34N2O5S/c1-29(2,33)28(32)21-5-10-26(30-18-21)27-12-11-25(31-27)24(17-19-13-15-36-16-14-19)20-3-6-22(7-4-20)37(34,35)23-8-9-23/h3-7,10-12,17-19,23,28,31-33H,8-9,13-16H2,1-2H3/b24-17+. The molecule has 1 aliphatic heterocycles. The van der Waals surface area contributed by atoms with Crippen molar-refractivity contribution >= 4 is 15.4 Å². The quantitative estimate of drug-likeness (QED) is 0.396. The van der Waals surface area contributed by atoms with Crippen molar-refractivity contribution in [3.63, 3.8) is 0 Å². The van der Waals surface area contributed by atoms with Gasteiger partial charge in [-0.15, -0.1) is 0 Å². The normalized spacial score (nSPS) is 18.6. The zero-order valence-corrected chi connectivity index (χ0v) is 22.0. The third-order valence-electron chi connectivity index (χ3n) is 7.15. The molecule has 1 saturated carbocycles. The van der Waals surface area contributed by atoms with Gasteiger partial charge in [0, 0.05) is 36.2 Å². The fourth-order valence-electron chi connectivity index (χ4n) is 4.69. The van der Waals surface area contributed by atoms with Crippen LogP contribution in [0.15, 0.2) is 65.7 Å². The lowest BCUT2D eigenvalue weighted by atomic mass is 9.93. The Morgan fingerprint density at radius 2 is 1.76 bits per heavy atom. The summed E-state index contributed by atoms with van der Waals surface area (Å²) in [5.74, 6) is 0.367.